The number of benzene rings is 2. The number of ether oxygens (including phenoxy) is 2. The molecular weight excluding hydrogens is 360 g/mol. The van der Waals surface area contributed by atoms with Crippen molar-refractivity contribution in [3.8, 4) is 22.8 Å². The van der Waals surface area contributed by atoms with Crippen LogP contribution < -0.4 is 19.8 Å². The number of hydrogen-bond donors (Lipinski definition) is 1. The highest BCUT2D eigenvalue weighted by Crippen LogP contribution is 2.33. The van der Waals surface area contributed by atoms with Crippen LogP contribution in [-0.4, -0.2) is 39.5 Å². The normalized spacial score (nSPS) is 10.8. The average Bonchev–Trinajstić information content (AvgIpc) is 3.16. The second-order valence-electron chi connectivity index (χ2n) is 5.96. The van der Waals surface area contributed by atoms with Gasteiger partial charge in [0.25, 0.3) is 0 Å². The molecule has 0 atom stereocenters. The van der Waals surface area contributed by atoms with Crippen molar-refractivity contribution in [3.63, 3.8) is 0 Å². The van der Waals surface area contributed by atoms with E-state index in [2.05, 4.69) is 32.5 Å². The van der Waals surface area contributed by atoms with Gasteiger partial charge in [-0.2, -0.15) is 5.10 Å². The molecule has 3 aromatic rings. The van der Waals surface area contributed by atoms with Gasteiger partial charge in [-0.05, 0) is 35.9 Å². The van der Waals surface area contributed by atoms with Crippen molar-refractivity contribution >= 4 is 28.4 Å². The summed E-state index contributed by atoms with van der Waals surface area (Å²) >= 11 is 1.49. The summed E-state index contributed by atoms with van der Waals surface area (Å²) in [6, 6.07) is 13.9. The molecule has 0 unspecified atom stereocenters. The lowest BCUT2D eigenvalue weighted by Gasteiger charge is -2.11. The molecule has 0 spiro atoms. The van der Waals surface area contributed by atoms with Crippen molar-refractivity contribution in [2.45, 2.75) is 0 Å². The van der Waals surface area contributed by atoms with E-state index >= 15 is 0 Å². The number of methoxy groups -OCH3 is 2. The third-order valence-electron chi connectivity index (χ3n) is 3.97. The molecule has 1 aromatic heterocycles. The molecule has 1 N–H and O–H groups in total. The van der Waals surface area contributed by atoms with E-state index < -0.39 is 0 Å². The van der Waals surface area contributed by atoms with E-state index in [0.717, 1.165) is 27.6 Å². The van der Waals surface area contributed by atoms with Crippen LogP contribution in [0.15, 0.2) is 52.9 Å². The number of hydrogen-bond acceptors (Lipinski definition) is 7. The number of nitrogens with one attached hydrogen (secondary N) is 1. The molecule has 0 bridgehead atoms. The number of nitrogens with zero attached hydrogens (tertiary/aromatic N) is 3. The summed E-state index contributed by atoms with van der Waals surface area (Å²) in [5, 5.41) is 6.97. The number of thiazole rings is 1. The zero-order valence-corrected chi connectivity index (χ0v) is 16.6. The molecule has 0 fully saturated rings. The molecule has 7 heteroatoms. The van der Waals surface area contributed by atoms with Crippen molar-refractivity contribution in [3.05, 3.63) is 53.4 Å². The van der Waals surface area contributed by atoms with E-state index in [0.29, 0.717) is 11.5 Å². The Morgan fingerprint density at radius 3 is 2.44 bits per heavy atom. The van der Waals surface area contributed by atoms with Crippen molar-refractivity contribution < 1.29 is 9.47 Å². The SMILES string of the molecule is COc1ccc(-c2csc(N/N=C\c3ccc(N(C)C)cc3)n2)cc1OC. The first-order chi connectivity index (χ1) is 13.1. The highest BCUT2D eigenvalue weighted by Gasteiger charge is 2.09. The van der Waals surface area contributed by atoms with E-state index in [1.165, 1.54) is 11.3 Å². The first kappa shape index (κ1) is 18.7. The number of anilines is 2. The van der Waals surface area contributed by atoms with Crippen LogP contribution in [0.3, 0.4) is 0 Å². The molecule has 140 valence electrons. The monoisotopic (exact) mass is 382 g/mol. The molecule has 6 nitrogen and oxygen atoms in total. The van der Waals surface area contributed by atoms with Crippen LogP contribution in [0.25, 0.3) is 11.3 Å². The van der Waals surface area contributed by atoms with Gasteiger partial charge in [0.05, 0.1) is 26.1 Å². The lowest BCUT2D eigenvalue weighted by Crippen LogP contribution is -2.08. The molecule has 0 amide bonds. The van der Waals surface area contributed by atoms with E-state index in [4.69, 9.17) is 9.47 Å². The summed E-state index contributed by atoms with van der Waals surface area (Å²) in [6.45, 7) is 0. The van der Waals surface area contributed by atoms with Crippen LogP contribution in [0.2, 0.25) is 0 Å². The Morgan fingerprint density at radius 2 is 1.78 bits per heavy atom. The van der Waals surface area contributed by atoms with Gasteiger partial charge in [-0.1, -0.05) is 12.1 Å². The summed E-state index contributed by atoms with van der Waals surface area (Å²) in [6.07, 6.45) is 1.77. The fourth-order valence-electron chi connectivity index (χ4n) is 2.47. The Bertz CT molecular complexity index is 920. The molecule has 3 rings (SSSR count). The van der Waals surface area contributed by atoms with Crippen LogP contribution >= 0.6 is 11.3 Å². The summed E-state index contributed by atoms with van der Waals surface area (Å²) in [5.74, 6) is 1.37. The van der Waals surface area contributed by atoms with E-state index in [1.807, 2.05) is 49.8 Å². The van der Waals surface area contributed by atoms with Crippen LogP contribution in [-0.2, 0) is 0 Å². The van der Waals surface area contributed by atoms with Gasteiger partial charge in [-0.3, -0.25) is 5.43 Å². The minimum Gasteiger partial charge on any atom is -0.493 e. The Balaban J connectivity index is 1.67. The molecule has 0 saturated heterocycles. The zero-order chi connectivity index (χ0) is 19.2. The lowest BCUT2D eigenvalue weighted by atomic mass is 10.1. The maximum atomic E-state index is 5.35. The third-order valence-corrected chi connectivity index (χ3v) is 4.71. The van der Waals surface area contributed by atoms with Crippen molar-refractivity contribution in [1.82, 2.24) is 4.98 Å². The van der Waals surface area contributed by atoms with Crippen LogP contribution in [0.4, 0.5) is 10.8 Å². The minimum absolute atomic E-state index is 0.678. The summed E-state index contributed by atoms with van der Waals surface area (Å²) in [4.78, 5) is 6.63. The maximum Gasteiger partial charge on any atom is 0.203 e. The Labute approximate surface area is 163 Å². The maximum absolute atomic E-state index is 5.35. The first-order valence-corrected chi connectivity index (χ1v) is 9.23. The topological polar surface area (TPSA) is 59.0 Å². The molecular formula is C20H22N4O2S. The number of aromatic nitrogens is 1. The van der Waals surface area contributed by atoms with Crippen molar-refractivity contribution in [2.75, 3.05) is 38.6 Å². The second-order valence-corrected chi connectivity index (χ2v) is 6.82. The quantitative estimate of drug-likeness (QED) is 0.487. The molecule has 1 heterocycles. The van der Waals surface area contributed by atoms with Gasteiger partial charge < -0.3 is 14.4 Å². The van der Waals surface area contributed by atoms with Gasteiger partial charge in [0.1, 0.15) is 0 Å². The van der Waals surface area contributed by atoms with Gasteiger partial charge in [0, 0.05) is 30.7 Å². The van der Waals surface area contributed by atoms with Crippen LogP contribution in [0.5, 0.6) is 11.5 Å². The molecule has 27 heavy (non-hydrogen) atoms. The summed E-state index contributed by atoms with van der Waals surface area (Å²) < 4.78 is 10.6. The second kappa shape index (κ2) is 8.55. The van der Waals surface area contributed by atoms with E-state index in [1.54, 1.807) is 20.4 Å². The Kier molecular flexibility index (Phi) is 5.93. The largest absolute Gasteiger partial charge is 0.493 e. The van der Waals surface area contributed by atoms with E-state index in [9.17, 15) is 0 Å². The highest BCUT2D eigenvalue weighted by molar-refractivity contribution is 7.14. The summed E-state index contributed by atoms with van der Waals surface area (Å²) in [7, 11) is 7.27. The minimum atomic E-state index is 0.678. The molecule has 0 aliphatic rings. The lowest BCUT2D eigenvalue weighted by molar-refractivity contribution is 0.355. The Hall–Kier alpha value is -3.06. The van der Waals surface area contributed by atoms with Crippen molar-refractivity contribution in [2.24, 2.45) is 5.10 Å². The predicted octanol–water partition coefficient (Wildman–Crippen LogP) is 4.34. The van der Waals surface area contributed by atoms with Gasteiger partial charge >= 0.3 is 0 Å². The van der Waals surface area contributed by atoms with Crippen LogP contribution in [0, 0.1) is 0 Å². The molecule has 0 saturated carbocycles. The van der Waals surface area contributed by atoms with Gasteiger partial charge in [0.2, 0.25) is 5.13 Å². The molecule has 0 aliphatic carbocycles. The first-order valence-electron chi connectivity index (χ1n) is 8.35. The molecule has 0 radical (unpaired) electrons. The fourth-order valence-corrected chi connectivity index (χ4v) is 3.14. The van der Waals surface area contributed by atoms with Gasteiger partial charge in [-0.15, -0.1) is 11.3 Å². The summed E-state index contributed by atoms with van der Waals surface area (Å²) in [5.41, 5.74) is 6.97. The average molecular weight is 382 g/mol. The van der Waals surface area contributed by atoms with E-state index in [-0.39, 0.29) is 0 Å². The zero-order valence-electron chi connectivity index (χ0n) is 15.8. The third kappa shape index (κ3) is 4.57. The fraction of sp³-hybridized carbons (Fsp3) is 0.200. The molecule has 2 aromatic carbocycles. The number of rotatable bonds is 7. The predicted molar refractivity (Wildman–Crippen MR) is 113 cm³/mol. The smallest absolute Gasteiger partial charge is 0.203 e. The van der Waals surface area contributed by atoms with Crippen LogP contribution in [0.1, 0.15) is 5.56 Å². The number of hydrazone groups is 1. The van der Waals surface area contributed by atoms with Gasteiger partial charge in [-0.25, -0.2) is 4.98 Å². The van der Waals surface area contributed by atoms with Crippen molar-refractivity contribution in [1.29, 1.82) is 0 Å². The van der Waals surface area contributed by atoms with Gasteiger partial charge in [0.15, 0.2) is 11.5 Å². The standard InChI is InChI=1S/C20H22N4O2S/c1-24(2)16-8-5-14(6-9-16)12-21-23-20-22-17(13-27-20)15-7-10-18(25-3)19(11-15)26-4/h5-13H,1-4H3,(H,22,23)/b21-12-. The molecule has 0 aliphatic heterocycles. The highest BCUT2D eigenvalue weighted by atomic mass is 32.1. The Morgan fingerprint density at radius 1 is 1.04 bits per heavy atom.